The Kier molecular flexibility index (Phi) is 8.86. The number of phenolic OH excluding ortho intramolecular Hbond substituents is 1. The molecule has 0 spiro atoms. The van der Waals surface area contributed by atoms with Gasteiger partial charge in [0.25, 0.3) is 0 Å². The molecule has 1 rings (SSSR count). The lowest BCUT2D eigenvalue weighted by atomic mass is 9.96. The van der Waals surface area contributed by atoms with E-state index < -0.39 is 11.7 Å². The maximum absolute atomic E-state index is 11.3. The van der Waals surface area contributed by atoms with Crippen LogP contribution in [0.3, 0.4) is 0 Å². The van der Waals surface area contributed by atoms with Crippen LogP contribution in [-0.2, 0) is 6.42 Å². The third-order valence-electron chi connectivity index (χ3n) is 4.66. The van der Waals surface area contributed by atoms with E-state index in [1.54, 1.807) is 6.92 Å². The first-order chi connectivity index (χ1) is 12.6. The number of phenols is 2. The third-order valence-corrected chi connectivity index (χ3v) is 4.66. The molecule has 0 atom stereocenters. The monoisotopic (exact) mass is 372 g/mol. The van der Waals surface area contributed by atoms with Gasteiger partial charge in [-0.2, -0.15) is 0 Å². The van der Waals surface area contributed by atoms with Gasteiger partial charge in [-0.3, -0.25) is 0 Å². The third kappa shape index (κ3) is 7.33. The minimum absolute atomic E-state index is 0.0749. The van der Waals surface area contributed by atoms with Crippen molar-refractivity contribution < 1.29 is 20.1 Å². The number of hydrogen-bond donors (Lipinski definition) is 3. The van der Waals surface area contributed by atoms with Gasteiger partial charge >= 0.3 is 5.97 Å². The molecule has 0 fully saturated rings. The molecule has 0 aliphatic rings. The molecule has 148 valence electrons. The molecule has 0 heterocycles. The summed E-state index contributed by atoms with van der Waals surface area (Å²) < 4.78 is 0. The molecule has 0 aromatic heterocycles. The maximum atomic E-state index is 11.3. The van der Waals surface area contributed by atoms with E-state index in [0.717, 1.165) is 31.7 Å². The van der Waals surface area contributed by atoms with E-state index in [4.69, 9.17) is 0 Å². The normalized spacial score (nSPS) is 12.2. The van der Waals surface area contributed by atoms with Crippen LogP contribution in [0.1, 0.15) is 74.9 Å². The van der Waals surface area contributed by atoms with Crippen LogP contribution >= 0.6 is 0 Å². The van der Waals surface area contributed by atoms with Crippen molar-refractivity contribution in [1.82, 2.24) is 0 Å². The van der Waals surface area contributed by atoms with Gasteiger partial charge in [-0.15, -0.1) is 0 Å². The number of hydrogen-bond acceptors (Lipinski definition) is 3. The standard InChI is InChI=1S/C23H32O4/c1-15(2)8-6-9-16(3)10-7-11-17(4)12-13-19-18(5)22(23(26)27)21(25)14-20(19)24/h8,10,12,14,24-25H,6-7,9,11,13H2,1-5H3,(H,26,27)/b16-10+,17-12+. The maximum Gasteiger partial charge on any atom is 0.339 e. The quantitative estimate of drug-likeness (QED) is 0.460. The van der Waals surface area contributed by atoms with Gasteiger partial charge in [-0.25, -0.2) is 4.79 Å². The van der Waals surface area contributed by atoms with Crippen LogP contribution in [0.15, 0.2) is 41.0 Å². The minimum Gasteiger partial charge on any atom is -0.508 e. The zero-order chi connectivity index (χ0) is 20.6. The van der Waals surface area contributed by atoms with Crippen LogP contribution in [0.2, 0.25) is 0 Å². The smallest absolute Gasteiger partial charge is 0.339 e. The lowest BCUT2D eigenvalue weighted by Gasteiger charge is -2.12. The van der Waals surface area contributed by atoms with Crippen molar-refractivity contribution in [2.24, 2.45) is 0 Å². The first-order valence-electron chi connectivity index (χ1n) is 9.35. The van der Waals surface area contributed by atoms with Crippen LogP contribution in [0.25, 0.3) is 0 Å². The van der Waals surface area contributed by atoms with E-state index in [-0.39, 0.29) is 11.3 Å². The van der Waals surface area contributed by atoms with Crippen LogP contribution < -0.4 is 0 Å². The average Bonchev–Trinajstić information content (AvgIpc) is 2.53. The summed E-state index contributed by atoms with van der Waals surface area (Å²) in [5.74, 6) is -1.68. The molecule has 0 amide bonds. The Morgan fingerprint density at radius 2 is 1.48 bits per heavy atom. The summed E-state index contributed by atoms with van der Waals surface area (Å²) in [5, 5.41) is 29.0. The minimum atomic E-state index is -1.19. The van der Waals surface area contributed by atoms with Crippen molar-refractivity contribution in [1.29, 1.82) is 0 Å². The van der Waals surface area contributed by atoms with Crippen LogP contribution in [-0.4, -0.2) is 21.3 Å². The van der Waals surface area contributed by atoms with Crippen molar-refractivity contribution in [3.05, 3.63) is 57.7 Å². The Morgan fingerprint density at radius 1 is 0.926 bits per heavy atom. The Labute approximate surface area is 162 Å². The molecule has 0 radical (unpaired) electrons. The molecule has 0 saturated heterocycles. The fourth-order valence-corrected chi connectivity index (χ4v) is 2.97. The van der Waals surface area contributed by atoms with Crippen molar-refractivity contribution in [2.45, 2.75) is 66.7 Å². The van der Waals surface area contributed by atoms with E-state index in [2.05, 4.69) is 32.9 Å². The summed E-state index contributed by atoms with van der Waals surface area (Å²) in [5.41, 5.74) is 4.71. The fourth-order valence-electron chi connectivity index (χ4n) is 2.97. The second-order valence-corrected chi connectivity index (χ2v) is 7.36. The highest BCUT2D eigenvalue weighted by Crippen LogP contribution is 2.32. The van der Waals surface area contributed by atoms with Crippen molar-refractivity contribution in [2.75, 3.05) is 0 Å². The van der Waals surface area contributed by atoms with Crippen LogP contribution in [0.5, 0.6) is 11.5 Å². The number of benzene rings is 1. The Balaban J connectivity index is 2.71. The summed E-state index contributed by atoms with van der Waals surface area (Å²) in [6.45, 7) is 10.0. The predicted octanol–water partition coefficient (Wildman–Crippen LogP) is 6.07. The number of carboxylic acids is 1. The molecule has 4 nitrogen and oxygen atoms in total. The summed E-state index contributed by atoms with van der Waals surface area (Å²) >= 11 is 0. The van der Waals surface area contributed by atoms with Crippen LogP contribution in [0.4, 0.5) is 0 Å². The Bertz CT molecular complexity index is 763. The van der Waals surface area contributed by atoms with Gasteiger partial charge in [0.2, 0.25) is 0 Å². The highest BCUT2D eigenvalue weighted by molar-refractivity contribution is 5.93. The Hall–Kier alpha value is -2.49. The highest BCUT2D eigenvalue weighted by atomic mass is 16.4. The average molecular weight is 373 g/mol. The van der Waals surface area contributed by atoms with Gasteiger partial charge < -0.3 is 15.3 Å². The van der Waals surface area contributed by atoms with Gasteiger partial charge in [0, 0.05) is 11.6 Å². The molecule has 27 heavy (non-hydrogen) atoms. The van der Waals surface area contributed by atoms with Gasteiger partial charge in [0.15, 0.2) is 0 Å². The summed E-state index contributed by atoms with van der Waals surface area (Å²) in [4.78, 5) is 11.3. The molecular weight excluding hydrogens is 340 g/mol. The lowest BCUT2D eigenvalue weighted by Crippen LogP contribution is -2.03. The fraction of sp³-hybridized carbons (Fsp3) is 0.435. The van der Waals surface area contributed by atoms with E-state index in [1.165, 1.54) is 16.7 Å². The molecule has 0 aliphatic carbocycles. The molecule has 0 aliphatic heterocycles. The first kappa shape index (κ1) is 22.6. The molecular formula is C23H32O4. The van der Waals surface area contributed by atoms with Gasteiger partial charge in [-0.1, -0.05) is 34.9 Å². The molecule has 1 aromatic carbocycles. The lowest BCUT2D eigenvalue weighted by molar-refractivity contribution is 0.0692. The zero-order valence-corrected chi connectivity index (χ0v) is 17.1. The largest absolute Gasteiger partial charge is 0.508 e. The van der Waals surface area contributed by atoms with E-state index in [1.807, 2.05) is 13.0 Å². The zero-order valence-electron chi connectivity index (χ0n) is 17.1. The molecule has 3 N–H and O–H groups in total. The molecule has 0 bridgehead atoms. The number of allylic oxidation sites excluding steroid dienone is 6. The summed E-state index contributed by atoms with van der Waals surface area (Å²) in [6, 6.07) is 1.10. The van der Waals surface area contributed by atoms with Gasteiger partial charge in [-0.05, 0) is 72.3 Å². The van der Waals surface area contributed by atoms with Gasteiger partial charge in [0.1, 0.15) is 17.1 Å². The van der Waals surface area contributed by atoms with E-state index in [0.29, 0.717) is 17.5 Å². The Morgan fingerprint density at radius 3 is 2.04 bits per heavy atom. The molecule has 0 unspecified atom stereocenters. The van der Waals surface area contributed by atoms with E-state index in [9.17, 15) is 20.1 Å². The van der Waals surface area contributed by atoms with Crippen LogP contribution in [0, 0.1) is 6.92 Å². The summed E-state index contributed by atoms with van der Waals surface area (Å²) in [6.07, 6.45) is 11.0. The second-order valence-electron chi connectivity index (χ2n) is 7.36. The highest BCUT2D eigenvalue weighted by Gasteiger charge is 2.18. The molecule has 0 saturated carbocycles. The van der Waals surface area contributed by atoms with E-state index >= 15 is 0 Å². The first-order valence-corrected chi connectivity index (χ1v) is 9.35. The number of aromatic carboxylic acids is 1. The van der Waals surface area contributed by atoms with Crippen molar-refractivity contribution >= 4 is 5.97 Å². The molecule has 1 aromatic rings. The van der Waals surface area contributed by atoms with Gasteiger partial charge in [0.05, 0.1) is 0 Å². The number of rotatable bonds is 9. The molecule has 4 heteroatoms. The number of carbonyl (C=O) groups is 1. The SMILES string of the molecule is CC(C)=CCC/C(C)=C/CC/C(C)=C/Cc1c(O)cc(O)c(C(=O)O)c1C. The number of carboxylic acid groups (broad SMARTS) is 1. The number of aromatic hydroxyl groups is 2. The van der Waals surface area contributed by atoms with Crippen molar-refractivity contribution in [3.8, 4) is 11.5 Å². The van der Waals surface area contributed by atoms with Crippen molar-refractivity contribution in [3.63, 3.8) is 0 Å². The summed E-state index contributed by atoms with van der Waals surface area (Å²) in [7, 11) is 0. The topological polar surface area (TPSA) is 77.8 Å². The second kappa shape index (κ2) is 10.6. The predicted molar refractivity (Wildman–Crippen MR) is 111 cm³/mol.